The van der Waals surface area contributed by atoms with Gasteiger partial charge in [0.1, 0.15) is 5.02 Å². The first kappa shape index (κ1) is 18.7. The topological polar surface area (TPSA) is 75.5 Å². The van der Waals surface area contributed by atoms with Gasteiger partial charge < -0.3 is 10.2 Å². The van der Waals surface area contributed by atoms with Gasteiger partial charge in [0, 0.05) is 38.0 Å². The number of anilines is 1. The molecule has 1 amide bonds. The first-order valence-corrected chi connectivity index (χ1v) is 8.24. The Morgan fingerprint density at radius 3 is 2.48 bits per heavy atom. The van der Waals surface area contributed by atoms with Gasteiger partial charge in [-0.15, -0.1) is 0 Å². The van der Waals surface area contributed by atoms with Gasteiger partial charge in [-0.3, -0.25) is 14.9 Å². The van der Waals surface area contributed by atoms with Gasteiger partial charge in [0.15, 0.2) is 0 Å². The molecule has 2 aromatic rings. The van der Waals surface area contributed by atoms with E-state index in [0.717, 1.165) is 18.5 Å². The molecule has 2 aromatic carbocycles. The number of aryl methyl sites for hydroxylation is 1. The third-order valence-corrected chi connectivity index (χ3v) is 4.11. The fourth-order valence-corrected chi connectivity index (χ4v) is 2.54. The van der Waals surface area contributed by atoms with Gasteiger partial charge in [0.25, 0.3) is 11.6 Å². The van der Waals surface area contributed by atoms with E-state index in [1.54, 1.807) is 0 Å². The number of amides is 1. The van der Waals surface area contributed by atoms with Crippen molar-refractivity contribution in [3.05, 3.63) is 68.7 Å². The highest BCUT2D eigenvalue weighted by Gasteiger charge is 2.15. The standard InChI is InChI=1S/C18H20ClN3O3/c1-21(2)15-8-5-13(6-9-15)4-3-11-20-18(23)14-7-10-16(19)17(12-14)22(24)25/h5-10,12H,3-4,11H2,1-2H3,(H,20,23). The van der Waals surface area contributed by atoms with E-state index in [9.17, 15) is 14.9 Å². The number of halogens is 1. The average Bonchev–Trinajstić information content (AvgIpc) is 2.59. The molecule has 0 aliphatic heterocycles. The van der Waals surface area contributed by atoms with Crippen molar-refractivity contribution < 1.29 is 9.72 Å². The summed E-state index contributed by atoms with van der Waals surface area (Å²) in [5, 5.41) is 13.7. The largest absolute Gasteiger partial charge is 0.378 e. The summed E-state index contributed by atoms with van der Waals surface area (Å²) in [6.45, 7) is 0.491. The number of nitro benzene ring substituents is 1. The van der Waals surface area contributed by atoms with E-state index >= 15 is 0 Å². The van der Waals surface area contributed by atoms with Crippen LogP contribution in [0.1, 0.15) is 22.3 Å². The first-order chi connectivity index (χ1) is 11.9. The number of hydrogen-bond acceptors (Lipinski definition) is 4. The molecule has 7 heteroatoms. The van der Waals surface area contributed by atoms with Crippen LogP contribution in [0.4, 0.5) is 11.4 Å². The monoisotopic (exact) mass is 361 g/mol. The predicted octanol–water partition coefficient (Wildman–Crippen LogP) is 3.68. The Kier molecular flexibility index (Phi) is 6.36. The Morgan fingerprint density at radius 1 is 1.20 bits per heavy atom. The molecule has 2 rings (SSSR count). The highest BCUT2D eigenvalue weighted by atomic mass is 35.5. The second-order valence-electron chi connectivity index (χ2n) is 5.84. The zero-order chi connectivity index (χ0) is 18.4. The molecule has 0 atom stereocenters. The Hall–Kier alpha value is -2.60. The molecule has 0 aliphatic rings. The van der Waals surface area contributed by atoms with Crippen LogP contribution in [-0.2, 0) is 6.42 Å². The molecule has 0 aliphatic carbocycles. The lowest BCUT2D eigenvalue weighted by Crippen LogP contribution is -2.24. The SMILES string of the molecule is CN(C)c1ccc(CCCNC(=O)c2ccc(Cl)c([N+](=O)[O-])c2)cc1. The molecular formula is C18H20ClN3O3. The third kappa shape index (κ3) is 5.19. The van der Waals surface area contributed by atoms with Crippen molar-refractivity contribution in [2.45, 2.75) is 12.8 Å². The summed E-state index contributed by atoms with van der Waals surface area (Å²) in [5.74, 6) is -0.345. The number of hydrogen-bond donors (Lipinski definition) is 1. The molecule has 6 nitrogen and oxygen atoms in total. The summed E-state index contributed by atoms with van der Waals surface area (Å²) in [5.41, 5.74) is 2.30. The Labute approximate surface area is 151 Å². The van der Waals surface area contributed by atoms with E-state index in [-0.39, 0.29) is 22.2 Å². The van der Waals surface area contributed by atoms with E-state index in [1.807, 2.05) is 19.0 Å². The molecule has 25 heavy (non-hydrogen) atoms. The molecule has 132 valence electrons. The molecule has 0 unspecified atom stereocenters. The molecule has 0 fully saturated rings. The van der Waals surface area contributed by atoms with E-state index < -0.39 is 4.92 Å². The Bertz CT molecular complexity index is 761. The van der Waals surface area contributed by atoms with Crippen LogP contribution in [0.2, 0.25) is 5.02 Å². The lowest BCUT2D eigenvalue weighted by molar-refractivity contribution is -0.384. The molecule has 0 radical (unpaired) electrons. The average molecular weight is 362 g/mol. The quantitative estimate of drug-likeness (QED) is 0.463. The number of benzene rings is 2. The van der Waals surface area contributed by atoms with Crippen LogP contribution in [0.3, 0.4) is 0 Å². The molecule has 1 N–H and O–H groups in total. The van der Waals surface area contributed by atoms with Gasteiger partial charge in [-0.2, -0.15) is 0 Å². The molecule has 0 saturated carbocycles. The van der Waals surface area contributed by atoms with Crippen LogP contribution in [-0.4, -0.2) is 31.5 Å². The normalized spacial score (nSPS) is 10.4. The zero-order valence-electron chi connectivity index (χ0n) is 14.2. The molecular weight excluding hydrogens is 342 g/mol. The van der Waals surface area contributed by atoms with Crippen LogP contribution >= 0.6 is 11.6 Å². The molecule has 0 spiro atoms. The van der Waals surface area contributed by atoms with Gasteiger partial charge in [0.05, 0.1) is 4.92 Å². The predicted molar refractivity (Wildman–Crippen MR) is 99.5 cm³/mol. The summed E-state index contributed by atoms with van der Waals surface area (Å²) in [6.07, 6.45) is 1.62. The van der Waals surface area contributed by atoms with Crippen molar-refractivity contribution in [1.82, 2.24) is 5.32 Å². The van der Waals surface area contributed by atoms with E-state index in [4.69, 9.17) is 11.6 Å². The van der Waals surface area contributed by atoms with E-state index in [1.165, 1.54) is 23.8 Å². The lowest BCUT2D eigenvalue weighted by atomic mass is 10.1. The summed E-state index contributed by atoms with van der Waals surface area (Å²) in [6, 6.07) is 12.3. The number of nitro groups is 1. The second-order valence-corrected chi connectivity index (χ2v) is 6.25. The minimum atomic E-state index is -0.601. The number of nitrogens with one attached hydrogen (secondary N) is 1. The van der Waals surface area contributed by atoms with Crippen LogP contribution in [0.25, 0.3) is 0 Å². The number of carbonyl (C=O) groups is 1. The maximum atomic E-state index is 12.1. The molecule has 0 saturated heterocycles. The van der Waals surface area contributed by atoms with Gasteiger partial charge in [-0.05, 0) is 42.7 Å². The smallest absolute Gasteiger partial charge is 0.288 e. The van der Waals surface area contributed by atoms with E-state index in [0.29, 0.717) is 6.54 Å². The van der Waals surface area contributed by atoms with Crippen LogP contribution in [0, 0.1) is 10.1 Å². The summed E-state index contributed by atoms with van der Waals surface area (Å²) < 4.78 is 0. The second kappa shape index (κ2) is 8.48. The summed E-state index contributed by atoms with van der Waals surface area (Å²) >= 11 is 5.74. The molecule has 0 bridgehead atoms. The fourth-order valence-electron chi connectivity index (χ4n) is 2.35. The lowest BCUT2D eigenvalue weighted by Gasteiger charge is -2.12. The number of rotatable bonds is 7. The maximum Gasteiger partial charge on any atom is 0.288 e. The number of carbonyl (C=O) groups excluding carboxylic acids is 1. The maximum absolute atomic E-state index is 12.1. The van der Waals surface area contributed by atoms with Gasteiger partial charge in [-0.1, -0.05) is 23.7 Å². The Morgan fingerprint density at radius 2 is 1.88 bits per heavy atom. The van der Waals surface area contributed by atoms with Crippen LogP contribution < -0.4 is 10.2 Å². The van der Waals surface area contributed by atoms with Gasteiger partial charge in [-0.25, -0.2) is 0 Å². The van der Waals surface area contributed by atoms with Crippen LogP contribution in [0.15, 0.2) is 42.5 Å². The third-order valence-electron chi connectivity index (χ3n) is 3.79. The van der Waals surface area contributed by atoms with Crippen molar-refractivity contribution in [2.24, 2.45) is 0 Å². The van der Waals surface area contributed by atoms with Crippen molar-refractivity contribution >= 4 is 28.9 Å². The van der Waals surface area contributed by atoms with Crippen molar-refractivity contribution in [2.75, 3.05) is 25.5 Å². The molecule has 0 heterocycles. The minimum Gasteiger partial charge on any atom is -0.378 e. The first-order valence-electron chi connectivity index (χ1n) is 7.87. The molecule has 0 aromatic heterocycles. The number of nitrogens with zero attached hydrogens (tertiary/aromatic N) is 2. The van der Waals surface area contributed by atoms with Crippen molar-refractivity contribution in [3.63, 3.8) is 0 Å². The fraction of sp³-hybridized carbons (Fsp3) is 0.278. The minimum absolute atomic E-state index is 0.0164. The highest BCUT2D eigenvalue weighted by Crippen LogP contribution is 2.25. The highest BCUT2D eigenvalue weighted by molar-refractivity contribution is 6.32. The zero-order valence-corrected chi connectivity index (χ0v) is 14.9. The van der Waals surface area contributed by atoms with Crippen molar-refractivity contribution in [1.29, 1.82) is 0 Å². The van der Waals surface area contributed by atoms with Gasteiger partial charge >= 0.3 is 0 Å². The van der Waals surface area contributed by atoms with E-state index in [2.05, 4.69) is 29.6 Å². The summed E-state index contributed by atoms with van der Waals surface area (Å²) in [7, 11) is 3.98. The van der Waals surface area contributed by atoms with Crippen molar-refractivity contribution in [3.8, 4) is 0 Å². The van der Waals surface area contributed by atoms with Crippen LogP contribution in [0.5, 0.6) is 0 Å². The van der Waals surface area contributed by atoms with Gasteiger partial charge in [0.2, 0.25) is 0 Å². The Balaban J connectivity index is 1.84. The summed E-state index contributed by atoms with van der Waals surface area (Å²) in [4.78, 5) is 24.4.